The summed E-state index contributed by atoms with van der Waals surface area (Å²) in [6, 6.07) is 3.67. The SMILES string of the molecule is CCOC(=O)C(F)(F)c1c(C#N)c2c(C)c(F)ccc2[nH]c1=O. The van der Waals surface area contributed by atoms with Crippen molar-refractivity contribution in [1.29, 1.82) is 5.26 Å². The van der Waals surface area contributed by atoms with Gasteiger partial charge >= 0.3 is 11.9 Å². The quantitative estimate of drug-likeness (QED) is 0.879. The number of carbonyl (C=O) groups excluding carboxylic acids is 1. The fourth-order valence-corrected chi connectivity index (χ4v) is 2.27. The van der Waals surface area contributed by atoms with Crippen LogP contribution in [0.15, 0.2) is 16.9 Å². The predicted molar refractivity (Wildman–Crippen MR) is 74.5 cm³/mol. The van der Waals surface area contributed by atoms with Crippen LogP contribution in [-0.2, 0) is 15.5 Å². The molecule has 0 aliphatic rings. The van der Waals surface area contributed by atoms with Crippen LogP contribution in [0.2, 0.25) is 0 Å². The van der Waals surface area contributed by atoms with Crippen LogP contribution < -0.4 is 5.56 Å². The van der Waals surface area contributed by atoms with Crippen LogP contribution in [-0.4, -0.2) is 17.6 Å². The van der Waals surface area contributed by atoms with Gasteiger partial charge in [0.15, 0.2) is 0 Å². The molecule has 2 rings (SSSR count). The van der Waals surface area contributed by atoms with Crippen LogP contribution in [0.5, 0.6) is 0 Å². The van der Waals surface area contributed by atoms with E-state index in [4.69, 9.17) is 0 Å². The molecule has 0 fully saturated rings. The zero-order valence-corrected chi connectivity index (χ0v) is 12.2. The van der Waals surface area contributed by atoms with Crippen LogP contribution in [0, 0.1) is 24.1 Å². The molecule has 1 N–H and O–H groups in total. The van der Waals surface area contributed by atoms with Crippen molar-refractivity contribution >= 4 is 16.9 Å². The number of carbonyl (C=O) groups is 1. The Morgan fingerprint density at radius 3 is 2.65 bits per heavy atom. The molecule has 0 radical (unpaired) electrons. The molecule has 2 aromatic rings. The van der Waals surface area contributed by atoms with Crippen LogP contribution >= 0.6 is 0 Å². The number of fused-ring (bicyclic) bond motifs is 1. The number of alkyl halides is 2. The summed E-state index contributed by atoms with van der Waals surface area (Å²) in [5, 5.41) is 9.05. The van der Waals surface area contributed by atoms with Crippen molar-refractivity contribution in [2.24, 2.45) is 0 Å². The van der Waals surface area contributed by atoms with Crippen LogP contribution in [0.4, 0.5) is 13.2 Å². The smallest absolute Gasteiger partial charge is 0.382 e. The molecular weight excluding hydrogens is 313 g/mol. The van der Waals surface area contributed by atoms with Gasteiger partial charge in [0, 0.05) is 5.39 Å². The summed E-state index contributed by atoms with van der Waals surface area (Å²) in [5.74, 6) is -7.01. The molecule has 8 heteroatoms. The summed E-state index contributed by atoms with van der Waals surface area (Å²) < 4.78 is 46.5. The molecule has 1 aromatic heterocycles. The van der Waals surface area contributed by atoms with Crippen molar-refractivity contribution in [1.82, 2.24) is 4.98 Å². The highest BCUT2D eigenvalue weighted by atomic mass is 19.3. The van der Waals surface area contributed by atoms with Gasteiger partial charge in [0.2, 0.25) is 0 Å². The van der Waals surface area contributed by atoms with E-state index in [9.17, 15) is 28.0 Å². The maximum absolute atomic E-state index is 14.3. The number of aromatic amines is 1. The first-order chi connectivity index (χ1) is 10.8. The highest BCUT2D eigenvalue weighted by Gasteiger charge is 2.47. The fraction of sp³-hybridized carbons (Fsp3) is 0.267. The second-order valence-electron chi connectivity index (χ2n) is 4.71. The molecule has 0 amide bonds. The number of rotatable bonds is 3. The van der Waals surface area contributed by atoms with E-state index in [1.165, 1.54) is 19.9 Å². The van der Waals surface area contributed by atoms with Gasteiger partial charge in [-0.15, -0.1) is 0 Å². The monoisotopic (exact) mass is 324 g/mol. The van der Waals surface area contributed by atoms with Gasteiger partial charge in [-0.25, -0.2) is 9.18 Å². The number of nitriles is 1. The number of esters is 1. The summed E-state index contributed by atoms with van der Waals surface area (Å²) in [4.78, 5) is 25.6. The number of nitrogens with one attached hydrogen (secondary N) is 1. The number of nitrogens with zero attached hydrogens (tertiary/aromatic N) is 1. The van der Waals surface area contributed by atoms with Crippen molar-refractivity contribution in [2.45, 2.75) is 19.8 Å². The molecule has 0 aliphatic carbocycles. The maximum atomic E-state index is 14.3. The minimum atomic E-state index is -4.33. The van der Waals surface area contributed by atoms with E-state index >= 15 is 0 Å². The third-order valence-electron chi connectivity index (χ3n) is 3.33. The third kappa shape index (κ3) is 2.54. The Labute approximate surface area is 128 Å². The number of aromatic nitrogens is 1. The Kier molecular flexibility index (Phi) is 4.14. The van der Waals surface area contributed by atoms with E-state index in [2.05, 4.69) is 9.72 Å². The normalized spacial score (nSPS) is 11.3. The van der Waals surface area contributed by atoms with Gasteiger partial charge in [-0.05, 0) is 31.5 Å². The van der Waals surface area contributed by atoms with Crippen LogP contribution in [0.3, 0.4) is 0 Å². The molecule has 0 saturated carbocycles. The lowest BCUT2D eigenvalue weighted by atomic mass is 9.96. The summed E-state index contributed by atoms with van der Waals surface area (Å²) in [6.07, 6.45) is 0. The minimum Gasteiger partial charge on any atom is -0.461 e. The van der Waals surface area contributed by atoms with E-state index in [0.717, 1.165) is 12.1 Å². The lowest BCUT2D eigenvalue weighted by Gasteiger charge is -2.17. The molecule has 1 heterocycles. The van der Waals surface area contributed by atoms with Gasteiger partial charge in [-0.1, -0.05) is 0 Å². The molecule has 0 saturated heterocycles. The highest BCUT2D eigenvalue weighted by Crippen LogP contribution is 2.33. The van der Waals surface area contributed by atoms with Gasteiger partial charge in [-0.2, -0.15) is 14.0 Å². The van der Waals surface area contributed by atoms with Gasteiger partial charge in [-0.3, -0.25) is 4.79 Å². The molecule has 0 spiro atoms. The van der Waals surface area contributed by atoms with Crippen LogP contribution in [0.1, 0.15) is 23.6 Å². The largest absolute Gasteiger partial charge is 0.461 e. The van der Waals surface area contributed by atoms with E-state index in [0.29, 0.717) is 0 Å². The molecule has 5 nitrogen and oxygen atoms in total. The lowest BCUT2D eigenvalue weighted by molar-refractivity contribution is -0.173. The predicted octanol–water partition coefficient (Wildman–Crippen LogP) is 2.50. The number of ether oxygens (including phenoxy) is 1. The van der Waals surface area contributed by atoms with E-state index in [1.807, 2.05) is 0 Å². The van der Waals surface area contributed by atoms with Gasteiger partial charge in [0.1, 0.15) is 17.4 Å². The summed E-state index contributed by atoms with van der Waals surface area (Å²) in [5.41, 5.74) is -3.47. The number of halogens is 3. The summed E-state index contributed by atoms with van der Waals surface area (Å²) in [6.45, 7) is 2.28. The van der Waals surface area contributed by atoms with Crippen molar-refractivity contribution in [2.75, 3.05) is 6.61 Å². The molecule has 1 aromatic carbocycles. The Bertz CT molecular complexity index is 897. The summed E-state index contributed by atoms with van der Waals surface area (Å²) in [7, 11) is 0. The molecule has 0 bridgehead atoms. The second-order valence-corrected chi connectivity index (χ2v) is 4.71. The lowest BCUT2D eigenvalue weighted by Crippen LogP contribution is -2.35. The minimum absolute atomic E-state index is 0.0221. The van der Waals surface area contributed by atoms with E-state index in [-0.39, 0.29) is 23.1 Å². The average molecular weight is 324 g/mol. The Morgan fingerprint density at radius 1 is 1.43 bits per heavy atom. The Morgan fingerprint density at radius 2 is 2.09 bits per heavy atom. The molecule has 23 heavy (non-hydrogen) atoms. The molecular formula is C15H11F3N2O3. The third-order valence-corrected chi connectivity index (χ3v) is 3.33. The second kappa shape index (κ2) is 5.76. The fourth-order valence-electron chi connectivity index (χ4n) is 2.27. The zero-order chi connectivity index (χ0) is 17.4. The standard InChI is InChI=1S/C15H11F3N2O3/c1-3-23-14(22)15(17,18)12-8(6-19)11-7(2)9(16)4-5-10(11)20-13(12)21/h4-5H,3H2,1-2H3,(H,20,21). The molecule has 0 aliphatic heterocycles. The maximum Gasteiger partial charge on any atom is 0.382 e. The molecule has 0 atom stereocenters. The van der Waals surface area contributed by atoms with Crippen LogP contribution in [0.25, 0.3) is 10.9 Å². The number of hydrogen-bond donors (Lipinski definition) is 1. The number of H-pyrrole nitrogens is 1. The first kappa shape index (κ1) is 16.5. The number of benzene rings is 1. The van der Waals surface area contributed by atoms with Gasteiger partial charge in [0.25, 0.3) is 5.56 Å². The Balaban J connectivity index is 2.93. The summed E-state index contributed by atoms with van der Waals surface area (Å²) >= 11 is 0. The van der Waals surface area contributed by atoms with E-state index in [1.54, 1.807) is 0 Å². The van der Waals surface area contributed by atoms with Crippen molar-refractivity contribution in [3.05, 3.63) is 45.0 Å². The number of pyridine rings is 1. The van der Waals surface area contributed by atoms with E-state index < -0.39 is 34.4 Å². The Hall–Kier alpha value is -2.82. The van der Waals surface area contributed by atoms with Crippen molar-refractivity contribution in [3.63, 3.8) is 0 Å². The average Bonchev–Trinajstić information content (AvgIpc) is 2.49. The first-order valence-corrected chi connectivity index (χ1v) is 6.56. The van der Waals surface area contributed by atoms with Crippen molar-refractivity contribution in [3.8, 4) is 6.07 Å². The first-order valence-electron chi connectivity index (χ1n) is 6.56. The topological polar surface area (TPSA) is 82.9 Å². The highest BCUT2D eigenvalue weighted by molar-refractivity contribution is 5.91. The van der Waals surface area contributed by atoms with Gasteiger partial charge < -0.3 is 9.72 Å². The molecule has 0 unspecified atom stereocenters. The molecule has 120 valence electrons. The number of hydrogen-bond acceptors (Lipinski definition) is 4. The number of aryl methyl sites for hydroxylation is 1. The van der Waals surface area contributed by atoms with Crippen molar-refractivity contribution < 1.29 is 22.7 Å². The van der Waals surface area contributed by atoms with Gasteiger partial charge in [0.05, 0.1) is 17.7 Å². The zero-order valence-electron chi connectivity index (χ0n) is 12.2.